The molecular formula is C14H25N3S. The van der Waals surface area contributed by atoms with Crippen LogP contribution in [0, 0.1) is 0 Å². The maximum absolute atomic E-state index is 4.71. The third kappa shape index (κ3) is 3.75. The molecule has 1 fully saturated rings. The summed E-state index contributed by atoms with van der Waals surface area (Å²) in [5.74, 6) is 1.18. The van der Waals surface area contributed by atoms with Gasteiger partial charge in [0.25, 0.3) is 0 Å². The maximum atomic E-state index is 4.71. The summed E-state index contributed by atoms with van der Waals surface area (Å²) < 4.78 is 2.18. The lowest BCUT2D eigenvalue weighted by atomic mass is 10.2. The standard InChI is InChI=1S/C14H25N3S/c1-3-12(11-18-2)15-10-13-8-9-17(16-13)14-6-4-5-7-14/h8-9,12,14-15H,3-7,10-11H2,1-2H3. The Labute approximate surface area is 115 Å². The van der Waals surface area contributed by atoms with Gasteiger partial charge >= 0.3 is 0 Å². The molecule has 0 saturated heterocycles. The zero-order chi connectivity index (χ0) is 12.8. The largest absolute Gasteiger partial charge is 0.307 e. The van der Waals surface area contributed by atoms with E-state index < -0.39 is 0 Å². The van der Waals surface area contributed by atoms with Gasteiger partial charge in [0.05, 0.1) is 11.7 Å². The first-order chi connectivity index (χ1) is 8.83. The van der Waals surface area contributed by atoms with Crippen molar-refractivity contribution < 1.29 is 0 Å². The highest BCUT2D eigenvalue weighted by Crippen LogP contribution is 2.28. The average Bonchev–Trinajstić information content (AvgIpc) is 3.04. The summed E-state index contributed by atoms with van der Waals surface area (Å²) in [5.41, 5.74) is 1.18. The van der Waals surface area contributed by atoms with E-state index in [-0.39, 0.29) is 0 Å². The number of hydrogen-bond acceptors (Lipinski definition) is 3. The quantitative estimate of drug-likeness (QED) is 0.822. The average molecular weight is 267 g/mol. The minimum atomic E-state index is 0.608. The summed E-state index contributed by atoms with van der Waals surface area (Å²) in [6.45, 7) is 3.14. The molecule has 1 N–H and O–H groups in total. The molecule has 0 aliphatic heterocycles. The topological polar surface area (TPSA) is 29.9 Å². The predicted octanol–water partition coefficient (Wildman–Crippen LogP) is 3.23. The van der Waals surface area contributed by atoms with Gasteiger partial charge in [0.2, 0.25) is 0 Å². The SMILES string of the molecule is CCC(CSC)NCc1ccn(C2CCCC2)n1. The van der Waals surface area contributed by atoms with E-state index in [0.717, 1.165) is 6.54 Å². The molecule has 1 aliphatic carbocycles. The summed E-state index contributed by atoms with van der Waals surface area (Å²) in [5, 5.41) is 8.30. The van der Waals surface area contributed by atoms with Gasteiger partial charge in [0, 0.05) is 24.5 Å². The molecule has 1 saturated carbocycles. The minimum absolute atomic E-state index is 0.608. The fourth-order valence-electron chi connectivity index (χ4n) is 2.62. The molecule has 1 unspecified atom stereocenters. The fourth-order valence-corrected chi connectivity index (χ4v) is 3.37. The van der Waals surface area contributed by atoms with E-state index in [4.69, 9.17) is 5.10 Å². The first kappa shape index (κ1) is 13.9. The van der Waals surface area contributed by atoms with E-state index in [1.165, 1.54) is 43.6 Å². The lowest BCUT2D eigenvalue weighted by Gasteiger charge is -2.14. The first-order valence-corrected chi connectivity index (χ1v) is 8.49. The fraction of sp³-hybridized carbons (Fsp3) is 0.786. The molecule has 1 aromatic heterocycles. The molecule has 0 bridgehead atoms. The van der Waals surface area contributed by atoms with Crippen molar-refractivity contribution >= 4 is 11.8 Å². The summed E-state index contributed by atoms with van der Waals surface area (Å²) in [6, 6.07) is 3.43. The third-order valence-corrected chi connectivity index (χ3v) is 4.53. The second-order valence-corrected chi connectivity index (χ2v) is 6.08. The van der Waals surface area contributed by atoms with Crippen LogP contribution in [0.15, 0.2) is 12.3 Å². The van der Waals surface area contributed by atoms with Gasteiger partial charge < -0.3 is 5.32 Å². The van der Waals surface area contributed by atoms with Crippen LogP contribution < -0.4 is 5.32 Å². The molecule has 18 heavy (non-hydrogen) atoms. The van der Waals surface area contributed by atoms with Crippen molar-refractivity contribution in [1.29, 1.82) is 0 Å². The van der Waals surface area contributed by atoms with Gasteiger partial charge in [0.1, 0.15) is 0 Å². The molecule has 0 spiro atoms. The highest BCUT2D eigenvalue weighted by molar-refractivity contribution is 7.98. The van der Waals surface area contributed by atoms with Crippen molar-refractivity contribution in [3.8, 4) is 0 Å². The molecule has 4 heteroatoms. The molecule has 102 valence electrons. The van der Waals surface area contributed by atoms with Crippen LogP contribution in [-0.4, -0.2) is 27.8 Å². The Hall–Kier alpha value is -0.480. The summed E-state index contributed by atoms with van der Waals surface area (Å²) in [7, 11) is 0. The van der Waals surface area contributed by atoms with Crippen molar-refractivity contribution in [1.82, 2.24) is 15.1 Å². The van der Waals surface area contributed by atoms with Crippen LogP contribution in [-0.2, 0) is 6.54 Å². The summed E-state index contributed by atoms with van der Waals surface area (Å²) >= 11 is 1.91. The Morgan fingerprint density at radius 2 is 2.28 bits per heavy atom. The third-order valence-electron chi connectivity index (χ3n) is 3.79. The number of nitrogens with zero attached hydrogens (tertiary/aromatic N) is 2. The zero-order valence-corrected chi connectivity index (χ0v) is 12.4. The molecule has 1 atom stereocenters. The van der Waals surface area contributed by atoms with Crippen LogP contribution >= 0.6 is 11.8 Å². The number of rotatable bonds is 7. The van der Waals surface area contributed by atoms with Crippen LogP contribution in [0.3, 0.4) is 0 Å². The predicted molar refractivity (Wildman–Crippen MR) is 79.0 cm³/mol. The summed E-state index contributed by atoms with van der Waals surface area (Å²) in [6.07, 6.45) is 10.8. The Morgan fingerprint density at radius 3 is 2.94 bits per heavy atom. The number of hydrogen-bond donors (Lipinski definition) is 1. The van der Waals surface area contributed by atoms with Gasteiger partial charge in [-0.25, -0.2) is 0 Å². The molecule has 2 rings (SSSR count). The highest BCUT2D eigenvalue weighted by Gasteiger charge is 2.17. The smallest absolute Gasteiger partial charge is 0.0762 e. The van der Waals surface area contributed by atoms with Gasteiger partial charge in [-0.1, -0.05) is 19.8 Å². The van der Waals surface area contributed by atoms with Crippen LogP contribution in [0.2, 0.25) is 0 Å². The molecule has 0 radical (unpaired) electrons. The van der Waals surface area contributed by atoms with Gasteiger partial charge in [-0.2, -0.15) is 16.9 Å². The van der Waals surface area contributed by atoms with E-state index >= 15 is 0 Å². The van der Waals surface area contributed by atoms with Crippen LogP contribution in [0.5, 0.6) is 0 Å². The van der Waals surface area contributed by atoms with Gasteiger partial charge in [-0.3, -0.25) is 4.68 Å². The Kier molecular flexibility index (Phi) is 5.57. The van der Waals surface area contributed by atoms with Crippen molar-refractivity contribution in [2.24, 2.45) is 0 Å². The lowest BCUT2D eigenvalue weighted by molar-refractivity contribution is 0.457. The number of thioether (sulfide) groups is 1. The number of nitrogens with one attached hydrogen (secondary N) is 1. The maximum Gasteiger partial charge on any atom is 0.0762 e. The van der Waals surface area contributed by atoms with Crippen molar-refractivity contribution in [3.63, 3.8) is 0 Å². The highest BCUT2D eigenvalue weighted by atomic mass is 32.2. The molecule has 1 heterocycles. The lowest BCUT2D eigenvalue weighted by Crippen LogP contribution is -2.30. The first-order valence-electron chi connectivity index (χ1n) is 7.09. The minimum Gasteiger partial charge on any atom is -0.307 e. The number of aromatic nitrogens is 2. The molecule has 1 aromatic rings. The second kappa shape index (κ2) is 7.19. The van der Waals surface area contributed by atoms with E-state index in [1.807, 2.05) is 11.8 Å². The van der Waals surface area contributed by atoms with Crippen molar-refractivity contribution in [2.75, 3.05) is 12.0 Å². The van der Waals surface area contributed by atoms with Crippen molar-refractivity contribution in [3.05, 3.63) is 18.0 Å². The van der Waals surface area contributed by atoms with Crippen LogP contribution in [0.4, 0.5) is 0 Å². The second-order valence-electron chi connectivity index (χ2n) is 5.17. The summed E-state index contributed by atoms with van der Waals surface area (Å²) in [4.78, 5) is 0. The van der Waals surface area contributed by atoms with Crippen LogP contribution in [0.25, 0.3) is 0 Å². The molecule has 1 aliphatic rings. The van der Waals surface area contributed by atoms with Crippen molar-refractivity contribution in [2.45, 2.75) is 57.7 Å². The van der Waals surface area contributed by atoms with E-state index in [2.05, 4.69) is 35.4 Å². The molecular weight excluding hydrogens is 242 g/mol. The molecule has 3 nitrogen and oxygen atoms in total. The van der Waals surface area contributed by atoms with E-state index in [9.17, 15) is 0 Å². The van der Waals surface area contributed by atoms with E-state index in [1.54, 1.807) is 0 Å². The van der Waals surface area contributed by atoms with Gasteiger partial charge in [-0.15, -0.1) is 0 Å². The normalized spacial score (nSPS) is 18.3. The molecule has 0 amide bonds. The Bertz CT molecular complexity index is 345. The van der Waals surface area contributed by atoms with Gasteiger partial charge in [-0.05, 0) is 31.6 Å². The van der Waals surface area contributed by atoms with Gasteiger partial charge in [0.15, 0.2) is 0 Å². The monoisotopic (exact) mass is 267 g/mol. The Morgan fingerprint density at radius 1 is 1.50 bits per heavy atom. The Balaban J connectivity index is 1.82. The van der Waals surface area contributed by atoms with E-state index in [0.29, 0.717) is 12.1 Å². The zero-order valence-electron chi connectivity index (χ0n) is 11.6. The van der Waals surface area contributed by atoms with Crippen LogP contribution in [0.1, 0.15) is 50.8 Å². The molecule has 0 aromatic carbocycles.